The largest absolute Gasteiger partial charge is 0.376 e. The molecule has 2 heterocycles. The standard InChI is InChI=1S/C12H15N3O2S/c1-9-7-15(3-4-17-9)8-11(16)14-12-10(6-13)2-5-18-12/h2,5,9H,3-4,7-8H2,1H3,(H,14,16). The van der Waals surface area contributed by atoms with E-state index in [0.29, 0.717) is 23.7 Å². The molecule has 0 bridgehead atoms. The number of nitrogens with zero attached hydrogens (tertiary/aromatic N) is 2. The first kappa shape index (κ1) is 13.0. The maximum absolute atomic E-state index is 11.9. The van der Waals surface area contributed by atoms with E-state index in [1.54, 1.807) is 11.4 Å². The van der Waals surface area contributed by atoms with Crippen LogP contribution in [0.1, 0.15) is 12.5 Å². The predicted molar refractivity (Wildman–Crippen MR) is 69.5 cm³/mol. The fourth-order valence-electron chi connectivity index (χ4n) is 1.90. The lowest BCUT2D eigenvalue weighted by Gasteiger charge is -2.30. The van der Waals surface area contributed by atoms with Crippen molar-refractivity contribution in [2.24, 2.45) is 0 Å². The summed E-state index contributed by atoms with van der Waals surface area (Å²) >= 11 is 1.37. The average Bonchev–Trinajstić information content (AvgIpc) is 2.76. The molecule has 1 fully saturated rings. The van der Waals surface area contributed by atoms with Gasteiger partial charge in [0.25, 0.3) is 0 Å². The Labute approximate surface area is 110 Å². The third-order valence-corrected chi connectivity index (χ3v) is 3.56. The van der Waals surface area contributed by atoms with Gasteiger partial charge in [-0.05, 0) is 18.4 Å². The first-order valence-corrected chi connectivity index (χ1v) is 6.68. The zero-order valence-electron chi connectivity index (χ0n) is 10.2. The number of rotatable bonds is 3. The third kappa shape index (κ3) is 3.29. The van der Waals surface area contributed by atoms with E-state index in [1.165, 1.54) is 11.3 Å². The van der Waals surface area contributed by atoms with E-state index in [-0.39, 0.29) is 12.0 Å². The molecule has 0 aliphatic carbocycles. The summed E-state index contributed by atoms with van der Waals surface area (Å²) in [6.07, 6.45) is 0.169. The minimum absolute atomic E-state index is 0.0805. The second-order valence-corrected chi connectivity index (χ2v) is 5.16. The first-order valence-electron chi connectivity index (χ1n) is 5.80. The number of nitriles is 1. The molecule has 1 saturated heterocycles. The van der Waals surface area contributed by atoms with Gasteiger partial charge in [0.05, 0.1) is 24.8 Å². The topological polar surface area (TPSA) is 65.4 Å². The van der Waals surface area contributed by atoms with Gasteiger partial charge in [-0.1, -0.05) is 0 Å². The molecular weight excluding hydrogens is 250 g/mol. The number of hydrogen-bond donors (Lipinski definition) is 1. The van der Waals surface area contributed by atoms with E-state index in [2.05, 4.69) is 16.3 Å². The summed E-state index contributed by atoms with van der Waals surface area (Å²) in [5, 5.41) is 14.1. The van der Waals surface area contributed by atoms with Crippen LogP contribution in [0.5, 0.6) is 0 Å². The molecule has 0 saturated carbocycles. The van der Waals surface area contributed by atoms with Crippen molar-refractivity contribution >= 4 is 22.2 Å². The van der Waals surface area contributed by atoms with Crippen molar-refractivity contribution in [1.82, 2.24) is 4.90 Å². The number of hydrogen-bond acceptors (Lipinski definition) is 5. The lowest BCUT2D eigenvalue weighted by atomic mass is 10.3. The number of anilines is 1. The van der Waals surface area contributed by atoms with Gasteiger partial charge in [0, 0.05) is 13.1 Å². The molecule has 1 aliphatic heterocycles. The van der Waals surface area contributed by atoms with Crippen LogP contribution >= 0.6 is 11.3 Å². The summed E-state index contributed by atoms with van der Waals surface area (Å²) < 4.78 is 5.42. The Morgan fingerprint density at radius 1 is 1.78 bits per heavy atom. The van der Waals surface area contributed by atoms with E-state index in [9.17, 15) is 4.79 Å². The predicted octanol–water partition coefficient (Wildman–Crippen LogP) is 1.28. The van der Waals surface area contributed by atoms with E-state index in [4.69, 9.17) is 10.00 Å². The van der Waals surface area contributed by atoms with Gasteiger partial charge < -0.3 is 10.1 Å². The van der Waals surface area contributed by atoms with Gasteiger partial charge in [-0.3, -0.25) is 9.69 Å². The molecule has 0 spiro atoms. The second kappa shape index (κ2) is 5.96. The lowest BCUT2D eigenvalue weighted by molar-refractivity contribution is -0.119. The van der Waals surface area contributed by atoms with Gasteiger partial charge in [0.2, 0.25) is 5.91 Å². The molecule has 1 amide bonds. The number of carbonyl (C=O) groups is 1. The Morgan fingerprint density at radius 2 is 2.61 bits per heavy atom. The minimum atomic E-state index is -0.0805. The molecule has 1 atom stereocenters. The second-order valence-electron chi connectivity index (χ2n) is 4.24. The van der Waals surface area contributed by atoms with Gasteiger partial charge in [0.1, 0.15) is 11.1 Å². The fraction of sp³-hybridized carbons (Fsp3) is 0.500. The van der Waals surface area contributed by atoms with E-state index >= 15 is 0 Å². The van der Waals surface area contributed by atoms with E-state index in [1.807, 2.05) is 6.92 Å². The van der Waals surface area contributed by atoms with Crippen molar-refractivity contribution in [2.75, 3.05) is 31.6 Å². The summed E-state index contributed by atoms with van der Waals surface area (Å²) in [6, 6.07) is 3.76. The number of thiophene rings is 1. The zero-order chi connectivity index (χ0) is 13.0. The molecule has 18 heavy (non-hydrogen) atoms. The highest BCUT2D eigenvalue weighted by Gasteiger charge is 2.19. The van der Waals surface area contributed by atoms with Crippen molar-refractivity contribution in [2.45, 2.75) is 13.0 Å². The molecular formula is C12H15N3O2S. The molecule has 1 unspecified atom stereocenters. The van der Waals surface area contributed by atoms with Crippen LogP contribution in [-0.4, -0.2) is 43.2 Å². The van der Waals surface area contributed by atoms with Gasteiger partial charge in [0.15, 0.2) is 0 Å². The highest BCUT2D eigenvalue weighted by Crippen LogP contribution is 2.21. The molecule has 1 aromatic rings. The Balaban J connectivity index is 1.87. The quantitative estimate of drug-likeness (QED) is 0.894. The molecule has 96 valence electrons. The number of carbonyl (C=O) groups excluding carboxylic acids is 1. The maximum atomic E-state index is 11.9. The van der Waals surface area contributed by atoms with Crippen molar-refractivity contribution in [1.29, 1.82) is 5.26 Å². The van der Waals surface area contributed by atoms with Gasteiger partial charge in [-0.15, -0.1) is 11.3 Å². The fourth-order valence-corrected chi connectivity index (χ4v) is 2.65. The van der Waals surface area contributed by atoms with E-state index < -0.39 is 0 Å². The summed E-state index contributed by atoms with van der Waals surface area (Å²) in [5.41, 5.74) is 0.517. The summed E-state index contributed by atoms with van der Waals surface area (Å²) in [6.45, 7) is 4.54. The summed E-state index contributed by atoms with van der Waals surface area (Å²) in [7, 11) is 0. The van der Waals surface area contributed by atoms with Gasteiger partial charge >= 0.3 is 0 Å². The number of ether oxygens (including phenoxy) is 1. The SMILES string of the molecule is CC1CN(CC(=O)Nc2sccc2C#N)CCO1. The first-order chi connectivity index (χ1) is 8.69. The number of nitrogens with one attached hydrogen (secondary N) is 1. The van der Waals surface area contributed by atoms with Crippen molar-refractivity contribution in [3.8, 4) is 6.07 Å². The lowest BCUT2D eigenvalue weighted by Crippen LogP contribution is -2.44. The molecule has 6 heteroatoms. The molecule has 1 aliphatic rings. The van der Waals surface area contributed by atoms with Crippen LogP contribution in [0.15, 0.2) is 11.4 Å². The van der Waals surface area contributed by atoms with Gasteiger partial charge in [-0.2, -0.15) is 5.26 Å². The molecule has 5 nitrogen and oxygen atoms in total. The third-order valence-electron chi connectivity index (χ3n) is 2.73. The summed E-state index contributed by atoms with van der Waals surface area (Å²) in [5.74, 6) is -0.0805. The van der Waals surface area contributed by atoms with Crippen molar-refractivity contribution in [3.05, 3.63) is 17.0 Å². The van der Waals surface area contributed by atoms with Crippen LogP contribution in [0.4, 0.5) is 5.00 Å². The highest BCUT2D eigenvalue weighted by atomic mass is 32.1. The van der Waals surface area contributed by atoms with Crippen molar-refractivity contribution < 1.29 is 9.53 Å². The monoisotopic (exact) mass is 265 g/mol. The Bertz CT molecular complexity index is 466. The molecule has 2 rings (SSSR count). The van der Waals surface area contributed by atoms with Crippen molar-refractivity contribution in [3.63, 3.8) is 0 Å². The Kier molecular flexibility index (Phi) is 4.31. The van der Waals surface area contributed by atoms with Crippen LogP contribution in [0.3, 0.4) is 0 Å². The average molecular weight is 265 g/mol. The minimum Gasteiger partial charge on any atom is -0.376 e. The normalized spacial score (nSPS) is 20.3. The Hall–Kier alpha value is -1.42. The molecule has 0 aromatic carbocycles. The van der Waals surface area contributed by atoms with Crippen LogP contribution in [-0.2, 0) is 9.53 Å². The highest BCUT2D eigenvalue weighted by molar-refractivity contribution is 7.14. The maximum Gasteiger partial charge on any atom is 0.239 e. The summed E-state index contributed by atoms with van der Waals surface area (Å²) in [4.78, 5) is 13.9. The number of morpholine rings is 1. The van der Waals surface area contributed by atoms with Crippen LogP contribution in [0.2, 0.25) is 0 Å². The molecule has 1 N–H and O–H groups in total. The zero-order valence-corrected chi connectivity index (χ0v) is 11.0. The molecule has 1 aromatic heterocycles. The smallest absolute Gasteiger partial charge is 0.239 e. The van der Waals surface area contributed by atoms with Crippen LogP contribution < -0.4 is 5.32 Å². The van der Waals surface area contributed by atoms with E-state index in [0.717, 1.165) is 13.1 Å². The van der Waals surface area contributed by atoms with Crippen LogP contribution in [0, 0.1) is 11.3 Å². The number of amides is 1. The van der Waals surface area contributed by atoms with Gasteiger partial charge in [-0.25, -0.2) is 0 Å². The van der Waals surface area contributed by atoms with Crippen LogP contribution in [0.25, 0.3) is 0 Å². The Morgan fingerprint density at radius 3 is 3.33 bits per heavy atom. The molecule has 0 radical (unpaired) electrons.